The molecule has 2 heterocycles. The predicted molar refractivity (Wildman–Crippen MR) is 105 cm³/mol. The van der Waals surface area contributed by atoms with E-state index in [9.17, 15) is 9.59 Å². The van der Waals surface area contributed by atoms with E-state index in [1.807, 2.05) is 29.2 Å². The van der Waals surface area contributed by atoms with Gasteiger partial charge in [-0.05, 0) is 31.0 Å². The zero-order valence-corrected chi connectivity index (χ0v) is 16.3. The number of quaternary nitrogens is 1. The highest BCUT2D eigenvalue weighted by Crippen LogP contribution is 2.21. The summed E-state index contributed by atoms with van der Waals surface area (Å²) in [6.07, 6.45) is 4.91. The van der Waals surface area contributed by atoms with Gasteiger partial charge in [-0.3, -0.25) is 9.59 Å². The van der Waals surface area contributed by atoms with Crippen LogP contribution in [-0.2, 0) is 9.59 Å². The molecule has 3 atom stereocenters. The smallest absolute Gasteiger partial charge is 0.279 e. The van der Waals surface area contributed by atoms with Crippen molar-refractivity contribution in [3.63, 3.8) is 0 Å². The molecule has 3 N–H and O–H groups in total. The summed E-state index contributed by atoms with van der Waals surface area (Å²) in [5.41, 5.74) is 1.10. The molecular weight excluding hydrogens is 364 g/mol. The molecule has 1 aromatic rings. The summed E-state index contributed by atoms with van der Waals surface area (Å²) in [7, 11) is 0. The van der Waals surface area contributed by atoms with Crippen LogP contribution in [0.3, 0.4) is 0 Å². The molecule has 2 aliphatic heterocycles. The van der Waals surface area contributed by atoms with E-state index in [1.54, 1.807) is 0 Å². The van der Waals surface area contributed by atoms with Gasteiger partial charge in [0.15, 0.2) is 6.04 Å². The highest BCUT2D eigenvalue weighted by atomic mass is 35.5. The van der Waals surface area contributed by atoms with E-state index >= 15 is 0 Å². The molecule has 0 unspecified atom stereocenters. The summed E-state index contributed by atoms with van der Waals surface area (Å²) in [6, 6.07) is 8.28. The average molecular weight is 392 g/mol. The van der Waals surface area contributed by atoms with Crippen LogP contribution in [0.1, 0.15) is 32.1 Å². The Morgan fingerprint density at radius 1 is 1.19 bits per heavy atom. The van der Waals surface area contributed by atoms with Gasteiger partial charge in [-0.1, -0.05) is 24.1 Å². The van der Waals surface area contributed by atoms with Crippen LogP contribution in [0.5, 0.6) is 0 Å². The Bertz CT molecular complexity index is 705. The van der Waals surface area contributed by atoms with Gasteiger partial charge >= 0.3 is 0 Å². The normalized spacial score (nSPS) is 28.5. The number of benzene rings is 1. The lowest BCUT2D eigenvalue weighted by molar-refractivity contribution is -0.718. The van der Waals surface area contributed by atoms with Gasteiger partial charge in [-0.25, -0.2) is 0 Å². The molecule has 0 aromatic heterocycles. The van der Waals surface area contributed by atoms with Gasteiger partial charge in [-0.2, -0.15) is 0 Å². The van der Waals surface area contributed by atoms with Crippen LogP contribution < -0.4 is 15.5 Å². The monoisotopic (exact) mass is 391 g/mol. The summed E-state index contributed by atoms with van der Waals surface area (Å²) >= 11 is 6.08. The van der Waals surface area contributed by atoms with Gasteiger partial charge in [0.25, 0.3) is 5.91 Å². The van der Waals surface area contributed by atoms with Crippen LogP contribution in [0, 0.1) is 0 Å². The number of hydrogen-bond acceptors (Lipinski definition) is 3. The van der Waals surface area contributed by atoms with Gasteiger partial charge < -0.3 is 20.4 Å². The molecule has 4 rings (SSSR count). The molecule has 3 fully saturated rings. The van der Waals surface area contributed by atoms with Crippen molar-refractivity contribution in [2.24, 2.45) is 0 Å². The van der Waals surface area contributed by atoms with Gasteiger partial charge in [0, 0.05) is 43.3 Å². The first kappa shape index (κ1) is 18.6. The number of nitrogens with two attached hydrogens (primary N) is 1. The third-order valence-electron chi connectivity index (χ3n) is 6.16. The molecule has 3 aliphatic rings. The maximum absolute atomic E-state index is 12.8. The van der Waals surface area contributed by atoms with E-state index in [2.05, 4.69) is 15.5 Å². The third kappa shape index (κ3) is 4.22. The second-order valence-electron chi connectivity index (χ2n) is 7.91. The fraction of sp³-hybridized carbons (Fsp3) is 0.600. The van der Waals surface area contributed by atoms with Gasteiger partial charge in [0.1, 0.15) is 6.04 Å². The number of hydrogen-bond donors (Lipinski definition) is 2. The van der Waals surface area contributed by atoms with Crippen LogP contribution in [0.4, 0.5) is 5.69 Å². The quantitative estimate of drug-likeness (QED) is 0.799. The second-order valence-corrected chi connectivity index (χ2v) is 8.35. The Hall–Kier alpha value is -1.79. The number of piperazine rings is 2. The van der Waals surface area contributed by atoms with Crippen molar-refractivity contribution in [1.29, 1.82) is 0 Å². The number of fused-ring (bicyclic) bond motifs is 1. The predicted octanol–water partition coefficient (Wildman–Crippen LogP) is 0.752. The van der Waals surface area contributed by atoms with Crippen molar-refractivity contribution in [1.82, 2.24) is 10.2 Å². The Balaban J connectivity index is 1.30. The van der Waals surface area contributed by atoms with Crippen molar-refractivity contribution in [2.45, 2.75) is 50.2 Å². The van der Waals surface area contributed by atoms with Crippen LogP contribution in [-0.4, -0.2) is 61.0 Å². The number of halogens is 1. The Morgan fingerprint density at radius 3 is 2.74 bits per heavy atom. The first-order chi connectivity index (χ1) is 13.1. The zero-order valence-electron chi connectivity index (χ0n) is 15.6. The van der Waals surface area contributed by atoms with Crippen molar-refractivity contribution < 1.29 is 14.9 Å². The summed E-state index contributed by atoms with van der Waals surface area (Å²) in [6.45, 7) is 2.95. The molecule has 1 saturated carbocycles. The van der Waals surface area contributed by atoms with E-state index < -0.39 is 0 Å². The fourth-order valence-corrected chi connectivity index (χ4v) is 4.79. The standard InChI is InChI=1S/C20H27ClN4O2/c21-14-4-3-5-15(12-14)24-8-10-25(11-9-24)19(26)13-18-20(27)23-17-7-2-1-6-16(17)22-18/h3-5,12,16-18,22H,1-2,6-11,13H2,(H,23,27)/p+1/t16-,17+,18-/m1/s1. The minimum Gasteiger partial charge on any atom is -0.368 e. The van der Waals surface area contributed by atoms with Crippen molar-refractivity contribution in [2.75, 3.05) is 31.1 Å². The Morgan fingerprint density at radius 2 is 1.96 bits per heavy atom. The van der Waals surface area contributed by atoms with Gasteiger partial charge in [0.05, 0.1) is 12.5 Å². The Labute approximate surface area is 165 Å². The highest BCUT2D eigenvalue weighted by Gasteiger charge is 2.41. The zero-order chi connectivity index (χ0) is 18.8. The summed E-state index contributed by atoms with van der Waals surface area (Å²) < 4.78 is 0. The lowest BCUT2D eigenvalue weighted by Gasteiger charge is -2.39. The topological polar surface area (TPSA) is 69.3 Å². The Kier molecular flexibility index (Phi) is 5.55. The van der Waals surface area contributed by atoms with Crippen LogP contribution in [0.25, 0.3) is 0 Å². The molecule has 7 heteroatoms. The minimum absolute atomic E-state index is 0.0315. The van der Waals surface area contributed by atoms with Gasteiger partial charge in [-0.15, -0.1) is 0 Å². The van der Waals surface area contributed by atoms with Crippen LogP contribution in [0.2, 0.25) is 5.02 Å². The number of nitrogens with zero attached hydrogens (tertiary/aromatic N) is 2. The molecule has 2 amide bonds. The first-order valence-corrected chi connectivity index (χ1v) is 10.4. The lowest BCUT2D eigenvalue weighted by Crippen LogP contribution is -3.03. The minimum atomic E-state index is -0.275. The molecule has 0 spiro atoms. The molecule has 146 valence electrons. The van der Waals surface area contributed by atoms with Crippen molar-refractivity contribution in [3.8, 4) is 0 Å². The molecule has 27 heavy (non-hydrogen) atoms. The fourth-order valence-electron chi connectivity index (χ4n) is 4.61. The van der Waals surface area contributed by atoms with Crippen LogP contribution in [0.15, 0.2) is 24.3 Å². The van der Waals surface area contributed by atoms with E-state index in [1.165, 1.54) is 12.8 Å². The molecule has 6 nitrogen and oxygen atoms in total. The van der Waals surface area contributed by atoms with E-state index in [0.717, 1.165) is 36.6 Å². The largest absolute Gasteiger partial charge is 0.368 e. The number of nitrogens with one attached hydrogen (secondary N) is 1. The van der Waals surface area contributed by atoms with Crippen molar-refractivity contribution >= 4 is 29.1 Å². The summed E-state index contributed by atoms with van der Waals surface area (Å²) in [5.74, 6) is 0.121. The van der Waals surface area contributed by atoms with E-state index in [0.29, 0.717) is 31.6 Å². The van der Waals surface area contributed by atoms with E-state index in [-0.39, 0.29) is 17.9 Å². The number of anilines is 1. The molecule has 2 saturated heterocycles. The van der Waals surface area contributed by atoms with Crippen molar-refractivity contribution in [3.05, 3.63) is 29.3 Å². The maximum Gasteiger partial charge on any atom is 0.279 e. The number of amides is 2. The second kappa shape index (κ2) is 8.07. The highest BCUT2D eigenvalue weighted by molar-refractivity contribution is 6.30. The van der Waals surface area contributed by atoms with Gasteiger partial charge in [0.2, 0.25) is 5.91 Å². The molecule has 1 aromatic carbocycles. The number of carbonyl (C=O) groups excluding carboxylic acids is 2. The molecule has 0 radical (unpaired) electrons. The molecule has 1 aliphatic carbocycles. The molecular formula is C20H28ClN4O2+. The van der Waals surface area contributed by atoms with Crippen LogP contribution >= 0.6 is 11.6 Å². The first-order valence-electron chi connectivity index (χ1n) is 10.0. The molecule has 0 bridgehead atoms. The SMILES string of the molecule is O=C1N[C@H]2CCCC[C@H]2[NH2+][C@@H]1CC(=O)N1CCN(c2cccc(Cl)c2)CC1. The number of carbonyl (C=O) groups is 2. The van der Waals surface area contributed by atoms with E-state index in [4.69, 9.17) is 11.6 Å². The summed E-state index contributed by atoms with van der Waals surface area (Å²) in [5, 5.41) is 6.03. The average Bonchev–Trinajstić information content (AvgIpc) is 2.68. The maximum atomic E-state index is 12.8. The number of rotatable bonds is 3. The third-order valence-corrected chi connectivity index (χ3v) is 6.40. The summed E-state index contributed by atoms with van der Waals surface area (Å²) in [4.78, 5) is 29.3. The lowest BCUT2D eigenvalue weighted by atomic mass is 9.87.